The van der Waals surface area contributed by atoms with Crippen molar-refractivity contribution in [1.29, 1.82) is 21.0 Å². The largest absolute Gasteiger partial charge is 3.00 e. The number of hydrogen-bond donors (Lipinski definition) is 3. The van der Waals surface area contributed by atoms with E-state index in [0.717, 1.165) is 11.4 Å². The van der Waals surface area contributed by atoms with Crippen molar-refractivity contribution in [3.63, 3.8) is 0 Å². The van der Waals surface area contributed by atoms with Gasteiger partial charge in [-0.05, 0) is 24.3 Å². The number of nitriles is 4. The van der Waals surface area contributed by atoms with Gasteiger partial charge in [0.1, 0.15) is 0 Å². The summed E-state index contributed by atoms with van der Waals surface area (Å²) >= 11 is 14.8. The van der Waals surface area contributed by atoms with Crippen LogP contribution >= 0.6 is 0 Å². The zero-order valence-corrected chi connectivity index (χ0v) is 19.3. The molecule has 2 rings (SSSR count). The summed E-state index contributed by atoms with van der Waals surface area (Å²) < 4.78 is 0. The second-order valence-electron chi connectivity index (χ2n) is 3.19. The number of anilines is 2. The molecule has 2 aromatic carbocycles. The van der Waals surface area contributed by atoms with Crippen molar-refractivity contribution in [3.05, 3.63) is 60.7 Å². The SMILES string of the molecule is N#C[S-].N#C[S-].N#C[S-].N#C[S-].Nc1ccccc1.Nc1ccccc1.[Cr+3].[NH4+]. The fraction of sp³-hybridized carbons (Fsp3) is 0. The van der Waals surface area contributed by atoms with Gasteiger partial charge in [-0.25, -0.2) is 21.0 Å². The zero-order chi connectivity index (χ0) is 21.1. The summed E-state index contributed by atoms with van der Waals surface area (Å²) in [5.74, 6) is 0. The number of thiocyanates is 4. The quantitative estimate of drug-likeness (QED) is 0.283. The second-order valence-corrected chi connectivity index (χ2v) is 3.92. The molecule has 12 heteroatoms. The molecule has 8 N–H and O–H groups in total. The van der Waals surface area contributed by atoms with Crippen LogP contribution in [0.1, 0.15) is 0 Å². The van der Waals surface area contributed by atoms with E-state index in [4.69, 9.17) is 32.5 Å². The zero-order valence-electron chi connectivity index (χ0n) is 14.8. The molecule has 0 atom stereocenters. The van der Waals surface area contributed by atoms with Crippen molar-refractivity contribution in [2.75, 3.05) is 11.5 Å². The molecule has 0 aliphatic heterocycles. The van der Waals surface area contributed by atoms with Crippen LogP contribution in [0.5, 0.6) is 0 Å². The minimum atomic E-state index is 0. The number of rotatable bonds is 0. The Balaban J connectivity index is -0.0000000543. The van der Waals surface area contributed by atoms with Gasteiger partial charge in [0.2, 0.25) is 0 Å². The molecule has 147 valence electrons. The van der Waals surface area contributed by atoms with E-state index >= 15 is 0 Å². The van der Waals surface area contributed by atoms with Crippen molar-refractivity contribution in [2.45, 2.75) is 0 Å². The summed E-state index contributed by atoms with van der Waals surface area (Å²) in [6.07, 6.45) is 0. The molecule has 28 heavy (non-hydrogen) atoms. The van der Waals surface area contributed by atoms with E-state index in [9.17, 15) is 0 Å². The van der Waals surface area contributed by atoms with Crippen molar-refractivity contribution in [1.82, 2.24) is 6.15 Å². The molecular weight excluding hydrogens is 470 g/mol. The molecule has 0 aromatic heterocycles. The molecular formula is C16H18CrN7S4. The molecule has 0 saturated heterocycles. The molecule has 0 saturated carbocycles. The maximum absolute atomic E-state index is 7.13. The van der Waals surface area contributed by atoms with Gasteiger partial charge >= 0.3 is 17.4 Å². The Morgan fingerprint density at radius 2 is 0.679 bits per heavy atom. The number of hydrogen-bond acceptors (Lipinski definition) is 10. The number of benzene rings is 2. The maximum atomic E-state index is 7.13. The normalized spacial score (nSPS) is 5.29. The second kappa shape index (κ2) is 44.1. The van der Waals surface area contributed by atoms with Crippen LogP contribution in [0.2, 0.25) is 0 Å². The van der Waals surface area contributed by atoms with E-state index in [2.05, 4.69) is 50.5 Å². The van der Waals surface area contributed by atoms with Crippen LogP contribution in [0, 0.1) is 42.7 Å². The van der Waals surface area contributed by atoms with E-state index in [1.165, 1.54) is 21.6 Å². The van der Waals surface area contributed by atoms with Gasteiger partial charge in [-0.3, -0.25) is 0 Å². The van der Waals surface area contributed by atoms with E-state index in [1.807, 2.05) is 60.7 Å². The van der Waals surface area contributed by atoms with Crippen molar-refractivity contribution in [3.8, 4) is 21.6 Å². The Hall–Kier alpha value is -2.63. The smallest absolute Gasteiger partial charge is 0.696 e. The van der Waals surface area contributed by atoms with Crippen LogP contribution in [-0.4, -0.2) is 0 Å². The van der Waals surface area contributed by atoms with Crippen LogP contribution < -0.4 is 17.6 Å². The van der Waals surface area contributed by atoms with Crippen molar-refractivity contribution < 1.29 is 17.4 Å². The predicted octanol–water partition coefficient (Wildman–Crippen LogP) is 2.97. The standard InChI is InChI=1S/2C6H7N.4CHNS.Cr.H3N/c2*7-6-4-2-1-3-5-6;4*2-1-3;;/h2*1-5H,7H2;4*3H;;1H3/q;;;;;;+3;/p-3. The predicted molar refractivity (Wildman–Crippen MR) is 120 cm³/mol. The molecule has 0 unspecified atom stereocenters. The van der Waals surface area contributed by atoms with Gasteiger partial charge in [-0.1, -0.05) is 58.0 Å². The fourth-order valence-corrected chi connectivity index (χ4v) is 0.906. The van der Waals surface area contributed by atoms with Crippen LogP contribution in [0.15, 0.2) is 60.7 Å². The monoisotopic (exact) mass is 488 g/mol. The van der Waals surface area contributed by atoms with Gasteiger partial charge < -0.3 is 68.1 Å². The first-order valence-electron chi connectivity index (χ1n) is 6.11. The molecule has 2 aromatic rings. The molecule has 0 fully saturated rings. The number of para-hydroxylation sites is 2. The van der Waals surface area contributed by atoms with Gasteiger partial charge in [-0.2, -0.15) is 0 Å². The summed E-state index contributed by atoms with van der Waals surface area (Å²) in [7, 11) is 0. The average molecular weight is 489 g/mol. The first kappa shape index (κ1) is 40.2. The minimum absolute atomic E-state index is 0. The van der Waals surface area contributed by atoms with Gasteiger partial charge in [0.25, 0.3) is 0 Å². The number of nitrogens with two attached hydrogens (primary N) is 2. The number of quaternary nitrogens is 1. The van der Waals surface area contributed by atoms with Gasteiger partial charge in [0.15, 0.2) is 0 Å². The van der Waals surface area contributed by atoms with E-state index in [-0.39, 0.29) is 23.5 Å². The van der Waals surface area contributed by atoms with Crippen LogP contribution in [0.4, 0.5) is 11.4 Å². The van der Waals surface area contributed by atoms with Crippen molar-refractivity contribution >= 4 is 61.9 Å². The first-order chi connectivity index (χ1) is 12.4. The van der Waals surface area contributed by atoms with E-state index < -0.39 is 0 Å². The topological polar surface area (TPSA) is 184 Å². The molecule has 0 heterocycles. The summed E-state index contributed by atoms with van der Waals surface area (Å²) in [4.78, 5) is 0. The van der Waals surface area contributed by atoms with E-state index in [0.29, 0.717) is 0 Å². The summed E-state index contributed by atoms with van der Waals surface area (Å²) in [6, 6.07) is 19.0. The molecule has 0 bridgehead atoms. The Morgan fingerprint density at radius 1 is 0.536 bits per heavy atom. The third-order valence-electron chi connectivity index (χ3n) is 1.60. The molecule has 0 amide bonds. The molecule has 0 aliphatic rings. The van der Waals surface area contributed by atoms with Crippen LogP contribution in [0.25, 0.3) is 0 Å². The molecule has 1 radical (unpaired) electrons. The summed E-state index contributed by atoms with van der Waals surface area (Å²) in [6.45, 7) is 0. The number of nitrogens with zero attached hydrogens (tertiary/aromatic N) is 4. The van der Waals surface area contributed by atoms with Crippen LogP contribution in [-0.2, 0) is 67.9 Å². The van der Waals surface area contributed by atoms with Crippen molar-refractivity contribution in [2.24, 2.45) is 0 Å². The van der Waals surface area contributed by atoms with Gasteiger partial charge in [-0.15, -0.1) is 0 Å². The Labute approximate surface area is 199 Å². The molecule has 7 nitrogen and oxygen atoms in total. The molecule has 0 spiro atoms. The fourth-order valence-electron chi connectivity index (χ4n) is 0.906. The summed E-state index contributed by atoms with van der Waals surface area (Å²) in [5.41, 5.74) is 12.4. The minimum Gasteiger partial charge on any atom is -0.696 e. The van der Waals surface area contributed by atoms with Gasteiger partial charge in [0, 0.05) is 11.4 Å². The number of nitrogen functional groups attached to an aromatic ring is 2. The maximum Gasteiger partial charge on any atom is 3.00 e. The Kier molecular flexibility index (Phi) is 63.3. The van der Waals surface area contributed by atoms with Crippen LogP contribution in [0.3, 0.4) is 0 Å². The average Bonchev–Trinajstić information content (AvgIpc) is 2.60. The first-order valence-corrected chi connectivity index (χ1v) is 7.74. The Bertz CT molecular complexity index is 593. The van der Waals surface area contributed by atoms with Gasteiger partial charge in [0.05, 0.1) is 0 Å². The third-order valence-corrected chi connectivity index (χ3v) is 1.60. The molecule has 0 aliphatic carbocycles. The Morgan fingerprint density at radius 3 is 0.750 bits per heavy atom. The summed E-state index contributed by atoms with van der Waals surface area (Å²) in [5, 5.41) is 33.9. The third kappa shape index (κ3) is 65.4. The van der Waals surface area contributed by atoms with E-state index in [1.54, 1.807) is 0 Å².